The van der Waals surface area contributed by atoms with Gasteiger partial charge >= 0.3 is 15.6 Å². The van der Waals surface area contributed by atoms with Crippen molar-refractivity contribution in [3.8, 4) is 5.75 Å². The highest BCUT2D eigenvalue weighted by atomic mass is 79.9. The minimum absolute atomic E-state index is 0.373. The van der Waals surface area contributed by atoms with Crippen molar-refractivity contribution in [2.45, 2.75) is 10.8 Å². The van der Waals surface area contributed by atoms with E-state index in [0.717, 1.165) is 17.7 Å². The van der Waals surface area contributed by atoms with Crippen LogP contribution in [0.25, 0.3) is 0 Å². The molecule has 0 aromatic heterocycles. The molecule has 90 valence electrons. The molecule has 0 aliphatic rings. The van der Waals surface area contributed by atoms with Crippen molar-refractivity contribution >= 4 is 26.0 Å². The Hall–Kier alpha value is -0.760. The molecule has 0 atom stereocenters. The fourth-order valence-electron chi connectivity index (χ4n) is 0.808. The summed E-state index contributed by atoms with van der Waals surface area (Å²) in [5, 5.41) is 0.513. The molecule has 0 spiro atoms. The van der Waals surface area contributed by atoms with Gasteiger partial charge in [0.15, 0.2) is 0 Å². The second-order valence-electron chi connectivity index (χ2n) is 2.76. The fourth-order valence-corrected chi connectivity index (χ4v) is 1.64. The van der Waals surface area contributed by atoms with Crippen LogP contribution in [-0.2, 0) is 15.4 Å². The van der Waals surface area contributed by atoms with Crippen LogP contribution < -0.4 is 4.18 Å². The summed E-state index contributed by atoms with van der Waals surface area (Å²) in [4.78, 5) is 0. The van der Waals surface area contributed by atoms with Crippen LogP contribution in [0.15, 0.2) is 24.3 Å². The summed E-state index contributed by atoms with van der Waals surface area (Å²) >= 11 is 3.14. The molecule has 1 aromatic rings. The van der Waals surface area contributed by atoms with E-state index in [4.69, 9.17) is 0 Å². The van der Waals surface area contributed by atoms with Crippen molar-refractivity contribution in [1.82, 2.24) is 0 Å². The molecular formula is C8H6BrF3O3S. The summed E-state index contributed by atoms with van der Waals surface area (Å²) in [6.07, 6.45) is 0. The molecule has 0 aliphatic carbocycles. The van der Waals surface area contributed by atoms with Crippen molar-refractivity contribution in [1.29, 1.82) is 0 Å². The van der Waals surface area contributed by atoms with Gasteiger partial charge in [-0.3, -0.25) is 0 Å². The summed E-state index contributed by atoms with van der Waals surface area (Å²) in [5.41, 5.74) is -4.63. The Kier molecular flexibility index (Phi) is 3.84. The summed E-state index contributed by atoms with van der Waals surface area (Å²) in [6.45, 7) is 0. The van der Waals surface area contributed by atoms with Gasteiger partial charge in [-0.05, 0) is 17.7 Å². The largest absolute Gasteiger partial charge is 0.534 e. The number of alkyl halides is 4. The molecule has 1 aromatic carbocycles. The van der Waals surface area contributed by atoms with E-state index in [-0.39, 0.29) is 5.75 Å². The highest BCUT2D eigenvalue weighted by Gasteiger charge is 2.48. The standard InChI is InChI=1S/C8H6BrF3O3S/c9-5-6-1-3-7(4-2-6)15-16(13,14)8(10,11)12/h1-4H,5H2. The van der Waals surface area contributed by atoms with Gasteiger partial charge in [-0.25, -0.2) is 0 Å². The minimum Gasteiger partial charge on any atom is -0.376 e. The molecule has 0 N–H and O–H groups in total. The summed E-state index contributed by atoms with van der Waals surface area (Å²) < 4.78 is 61.0. The molecule has 3 nitrogen and oxygen atoms in total. The smallest absolute Gasteiger partial charge is 0.376 e. The van der Waals surface area contributed by atoms with Crippen LogP contribution >= 0.6 is 15.9 Å². The second kappa shape index (κ2) is 4.62. The van der Waals surface area contributed by atoms with E-state index in [1.54, 1.807) is 0 Å². The lowest BCUT2D eigenvalue weighted by molar-refractivity contribution is -0.0500. The number of hydrogen-bond acceptors (Lipinski definition) is 3. The summed E-state index contributed by atoms with van der Waals surface area (Å²) in [7, 11) is -5.58. The molecule has 0 aliphatic heterocycles. The van der Waals surface area contributed by atoms with Crippen LogP contribution in [-0.4, -0.2) is 13.9 Å². The van der Waals surface area contributed by atoms with Gasteiger partial charge in [0.25, 0.3) is 0 Å². The quantitative estimate of drug-likeness (QED) is 0.489. The maximum atomic E-state index is 11.9. The lowest BCUT2D eigenvalue weighted by Gasteiger charge is -2.09. The van der Waals surface area contributed by atoms with E-state index in [2.05, 4.69) is 20.1 Å². The van der Waals surface area contributed by atoms with Crippen molar-refractivity contribution in [2.24, 2.45) is 0 Å². The van der Waals surface area contributed by atoms with Crippen LogP contribution in [0.4, 0.5) is 13.2 Å². The topological polar surface area (TPSA) is 43.4 Å². The third kappa shape index (κ3) is 3.11. The number of halogens is 4. The lowest BCUT2D eigenvalue weighted by atomic mass is 10.2. The number of hydrogen-bond donors (Lipinski definition) is 0. The first-order chi connectivity index (χ1) is 7.26. The molecule has 0 bridgehead atoms. The Morgan fingerprint density at radius 2 is 1.69 bits per heavy atom. The SMILES string of the molecule is O=S(=O)(Oc1ccc(CBr)cc1)C(F)(F)F. The van der Waals surface area contributed by atoms with E-state index in [1.807, 2.05) is 0 Å². The van der Waals surface area contributed by atoms with Crippen molar-refractivity contribution < 1.29 is 25.8 Å². The summed E-state index contributed by atoms with van der Waals surface area (Å²) in [6, 6.07) is 5.21. The molecule has 8 heteroatoms. The van der Waals surface area contributed by atoms with Crippen LogP contribution in [0.5, 0.6) is 5.75 Å². The Bertz CT molecular complexity index is 452. The van der Waals surface area contributed by atoms with Gasteiger partial charge in [-0.15, -0.1) is 0 Å². The van der Waals surface area contributed by atoms with Gasteiger partial charge in [-0.2, -0.15) is 21.6 Å². The molecule has 0 unspecified atom stereocenters. The van der Waals surface area contributed by atoms with E-state index < -0.39 is 15.6 Å². The van der Waals surface area contributed by atoms with E-state index in [9.17, 15) is 21.6 Å². The predicted molar refractivity (Wildman–Crippen MR) is 54.7 cm³/mol. The zero-order valence-corrected chi connectivity index (χ0v) is 10.1. The average Bonchev–Trinajstić information content (AvgIpc) is 2.16. The van der Waals surface area contributed by atoms with Crippen molar-refractivity contribution in [2.75, 3.05) is 0 Å². The van der Waals surface area contributed by atoms with Gasteiger partial charge in [0.1, 0.15) is 5.75 Å². The third-order valence-electron chi connectivity index (χ3n) is 1.57. The Balaban J connectivity index is 2.89. The van der Waals surface area contributed by atoms with Crippen molar-refractivity contribution in [3.63, 3.8) is 0 Å². The number of rotatable bonds is 3. The highest BCUT2D eigenvalue weighted by Crippen LogP contribution is 2.27. The molecule has 1 rings (SSSR count). The molecule has 0 radical (unpaired) electrons. The van der Waals surface area contributed by atoms with Gasteiger partial charge in [0.05, 0.1) is 0 Å². The molecule has 16 heavy (non-hydrogen) atoms. The monoisotopic (exact) mass is 318 g/mol. The molecule has 0 amide bonds. The van der Waals surface area contributed by atoms with Gasteiger partial charge in [-0.1, -0.05) is 28.1 Å². The van der Waals surface area contributed by atoms with Gasteiger partial charge in [0.2, 0.25) is 0 Å². The van der Waals surface area contributed by atoms with Crippen LogP contribution in [0.3, 0.4) is 0 Å². The zero-order chi connectivity index (χ0) is 12.4. The molecular weight excluding hydrogens is 313 g/mol. The Morgan fingerprint density at radius 1 is 1.19 bits per heavy atom. The molecule has 0 heterocycles. The lowest BCUT2D eigenvalue weighted by Crippen LogP contribution is -2.28. The third-order valence-corrected chi connectivity index (χ3v) is 3.19. The minimum atomic E-state index is -5.58. The van der Waals surface area contributed by atoms with E-state index in [0.29, 0.717) is 5.33 Å². The van der Waals surface area contributed by atoms with Gasteiger partial charge < -0.3 is 4.18 Å². The van der Waals surface area contributed by atoms with E-state index >= 15 is 0 Å². The predicted octanol–water partition coefficient (Wildman–Crippen LogP) is 2.81. The Labute approximate surface area is 98.5 Å². The van der Waals surface area contributed by atoms with Crippen LogP contribution in [0, 0.1) is 0 Å². The zero-order valence-electron chi connectivity index (χ0n) is 7.66. The molecule has 0 saturated carbocycles. The highest BCUT2D eigenvalue weighted by molar-refractivity contribution is 9.08. The fraction of sp³-hybridized carbons (Fsp3) is 0.250. The first kappa shape index (κ1) is 13.3. The number of benzene rings is 1. The molecule has 0 saturated heterocycles. The molecule has 0 fully saturated rings. The summed E-state index contributed by atoms with van der Waals surface area (Å²) in [5.74, 6) is -0.373. The van der Waals surface area contributed by atoms with E-state index in [1.165, 1.54) is 12.1 Å². The maximum Gasteiger partial charge on any atom is 0.534 e. The average molecular weight is 319 g/mol. The maximum absolute atomic E-state index is 11.9. The second-order valence-corrected chi connectivity index (χ2v) is 4.86. The van der Waals surface area contributed by atoms with Crippen LogP contribution in [0.1, 0.15) is 5.56 Å². The van der Waals surface area contributed by atoms with Gasteiger partial charge in [0, 0.05) is 5.33 Å². The normalized spacial score (nSPS) is 12.5. The first-order valence-electron chi connectivity index (χ1n) is 3.92. The van der Waals surface area contributed by atoms with Crippen molar-refractivity contribution in [3.05, 3.63) is 29.8 Å². The first-order valence-corrected chi connectivity index (χ1v) is 6.45. The van der Waals surface area contributed by atoms with Crippen LogP contribution in [0.2, 0.25) is 0 Å². The Morgan fingerprint density at radius 3 is 2.06 bits per heavy atom.